The van der Waals surface area contributed by atoms with E-state index in [4.69, 9.17) is 11.6 Å². The Hall–Kier alpha value is -2.22. The van der Waals surface area contributed by atoms with Gasteiger partial charge in [-0.15, -0.1) is 11.3 Å². The number of hydrogen-bond acceptors (Lipinski definition) is 5. The lowest BCUT2D eigenvalue weighted by Crippen LogP contribution is -2.48. The predicted octanol–water partition coefficient (Wildman–Crippen LogP) is 2.98. The largest absolute Gasteiger partial charge is 0.328 e. The molecular weight excluding hydrogens is 370 g/mol. The van der Waals surface area contributed by atoms with E-state index in [1.807, 2.05) is 42.4 Å². The Balaban J connectivity index is 1.62. The van der Waals surface area contributed by atoms with Gasteiger partial charge in [0.05, 0.1) is 18.4 Å². The van der Waals surface area contributed by atoms with Crippen molar-refractivity contribution in [1.82, 2.24) is 25.0 Å². The number of amides is 1. The number of piperazine rings is 1. The molecule has 134 valence electrons. The Kier molecular flexibility index (Phi) is 4.76. The summed E-state index contributed by atoms with van der Waals surface area (Å²) in [5.41, 5.74) is 1.88. The molecule has 1 saturated heterocycles. The number of halogens is 1. The highest BCUT2D eigenvalue weighted by Gasteiger charge is 2.30. The van der Waals surface area contributed by atoms with E-state index in [2.05, 4.69) is 15.4 Å². The number of rotatable bonds is 3. The monoisotopic (exact) mass is 387 g/mol. The maximum atomic E-state index is 13.1. The van der Waals surface area contributed by atoms with Crippen LogP contribution in [0.15, 0.2) is 42.9 Å². The highest BCUT2D eigenvalue weighted by molar-refractivity contribution is 7.16. The van der Waals surface area contributed by atoms with Crippen molar-refractivity contribution >= 4 is 28.8 Å². The molecule has 26 heavy (non-hydrogen) atoms. The first-order chi connectivity index (χ1) is 12.6. The van der Waals surface area contributed by atoms with Crippen molar-refractivity contribution in [1.29, 1.82) is 0 Å². The van der Waals surface area contributed by atoms with Crippen LogP contribution in [0.4, 0.5) is 0 Å². The second kappa shape index (κ2) is 7.19. The molecular formula is C18H18ClN5OS. The van der Waals surface area contributed by atoms with Gasteiger partial charge in [-0.05, 0) is 11.6 Å². The van der Waals surface area contributed by atoms with Gasteiger partial charge in [0, 0.05) is 43.5 Å². The van der Waals surface area contributed by atoms with Crippen LogP contribution in [0.5, 0.6) is 0 Å². The molecule has 1 unspecified atom stereocenters. The second-order valence-corrected chi connectivity index (χ2v) is 7.61. The average Bonchev–Trinajstić information content (AvgIpc) is 3.31. The number of thiazole rings is 1. The first-order valence-electron chi connectivity index (χ1n) is 8.34. The lowest BCUT2D eigenvalue weighted by atomic mass is 10.0. The number of benzene rings is 1. The summed E-state index contributed by atoms with van der Waals surface area (Å²) in [6, 6.07) is 7.60. The summed E-state index contributed by atoms with van der Waals surface area (Å²) >= 11 is 7.77. The van der Waals surface area contributed by atoms with Crippen molar-refractivity contribution in [3.63, 3.8) is 0 Å². The van der Waals surface area contributed by atoms with Crippen LogP contribution >= 0.6 is 22.9 Å². The molecule has 2 aromatic heterocycles. The van der Waals surface area contributed by atoms with Gasteiger partial charge < -0.3 is 10.2 Å². The zero-order valence-electron chi connectivity index (χ0n) is 14.2. The van der Waals surface area contributed by atoms with Gasteiger partial charge in [0.2, 0.25) is 0 Å². The lowest BCUT2D eigenvalue weighted by molar-refractivity contribution is 0.0639. The Bertz CT molecular complexity index is 937. The van der Waals surface area contributed by atoms with Crippen LogP contribution in [0.3, 0.4) is 0 Å². The fourth-order valence-electron chi connectivity index (χ4n) is 3.15. The van der Waals surface area contributed by atoms with Crippen LogP contribution in [0.25, 0.3) is 10.6 Å². The van der Waals surface area contributed by atoms with Crippen molar-refractivity contribution in [2.75, 3.05) is 19.6 Å². The minimum atomic E-state index is -0.0890. The molecule has 0 radical (unpaired) electrons. The molecule has 0 bridgehead atoms. The second-order valence-electron chi connectivity index (χ2n) is 6.17. The first-order valence-corrected chi connectivity index (χ1v) is 9.54. The molecule has 0 saturated carbocycles. The molecule has 1 aromatic carbocycles. The number of carbonyl (C=O) groups excluding carboxylic acids is 1. The lowest BCUT2D eigenvalue weighted by Gasteiger charge is -2.36. The Labute approximate surface area is 160 Å². The van der Waals surface area contributed by atoms with E-state index in [1.54, 1.807) is 17.1 Å². The third-order valence-corrected chi connectivity index (χ3v) is 5.82. The van der Waals surface area contributed by atoms with Crippen molar-refractivity contribution < 1.29 is 4.79 Å². The highest BCUT2D eigenvalue weighted by atomic mass is 35.5. The van der Waals surface area contributed by atoms with Gasteiger partial charge in [0.25, 0.3) is 5.91 Å². The zero-order chi connectivity index (χ0) is 18.1. The third kappa shape index (κ3) is 3.25. The van der Waals surface area contributed by atoms with E-state index < -0.39 is 0 Å². The molecule has 1 atom stereocenters. The Morgan fingerprint density at radius 2 is 2.19 bits per heavy atom. The summed E-state index contributed by atoms with van der Waals surface area (Å²) < 4.78 is 1.72. The number of aromatic nitrogens is 3. The molecule has 0 aliphatic carbocycles. The number of aryl methyl sites for hydroxylation is 1. The molecule has 1 aliphatic heterocycles. The molecule has 3 heterocycles. The van der Waals surface area contributed by atoms with E-state index in [9.17, 15) is 4.79 Å². The van der Waals surface area contributed by atoms with Gasteiger partial charge >= 0.3 is 0 Å². The van der Waals surface area contributed by atoms with E-state index >= 15 is 0 Å². The summed E-state index contributed by atoms with van der Waals surface area (Å²) in [5, 5.41) is 9.00. The summed E-state index contributed by atoms with van der Waals surface area (Å²) in [7, 11) is 1.86. The Morgan fingerprint density at radius 1 is 1.35 bits per heavy atom. The van der Waals surface area contributed by atoms with Gasteiger partial charge in [0.15, 0.2) is 0 Å². The van der Waals surface area contributed by atoms with Crippen molar-refractivity contribution in [2.24, 2.45) is 7.05 Å². The molecule has 8 heteroatoms. The van der Waals surface area contributed by atoms with Crippen LogP contribution in [-0.4, -0.2) is 45.2 Å². The smallest absolute Gasteiger partial charge is 0.266 e. The first kappa shape index (κ1) is 17.2. The fraction of sp³-hybridized carbons (Fsp3) is 0.278. The number of nitrogens with one attached hydrogen (secondary N) is 1. The van der Waals surface area contributed by atoms with Gasteiger partial charge in [0.1, 0.15) is 9.88 Å². The molecule has 1 fully saturated rings. The molecule has 0 spiro atoms. The number of carbonyl (C=O) groups is 1. The molecule has 3 aromatic rings. The van der Waals surface area contributed by atoms with E-state index in [0.717, 1.165) is 22.7 Å². The summed E-state index contributed by atoms with van der Waals surface area (Å²) in [6.45, 7) is 2.08. The summed E-state index contributed by atoms with van der Waals surface area (Å²) in [5.74, 6) is -0.0101. The van der Waals surface area contributed by atoms with E-state index in [1.165, 1.54) is 11.3 Å². The van der Waals surface area contributed by atoms with Gasteiger partial charge in [-0.25, -0.2) is 4.98 Å². The van der Waals surface area contributed by atoms with E-state index in [0.29, 0.717) is 23.0 Å². The zero-order valence-corrected chi connectivity index (χ0v) is 15.8. The van der Waals surface area contributed by atoms with Crippen LogP contribution in [0.2, 0.25) is 5.02 Å². The summed E-state index contributed by atoms with van der Waals surface area (Å²) in [4.78, 5) is 20.1. The maximum Gasteiger partial charge on any atom is 0.266 e. The predicted molar refractivity (Wildman–Crippen MR) is 102 cm³/mol. The number of hydrogen-bond donors (Lipinski definition) is 1. The molecule has 6 nitrogen and oxygen atoms in total. The van der Waals surface area contributed by atoms with Crippen molar-refractivity contribution in [3.8, 4) is 10.6 Å². The minimum absolute atomic E-state index is 0.0101. The topological polar surface area (TPSA) is 63.1 Å². The van der Waals surface area contributed by atoms with Crippen LogP contribution in [-0.2, 0) is 7.05 Å². The summed E-state index contributed by atoms with van der Waals surface area (Å²) in [6.07, 6.45) is 5.30. The van der Waals surface area contributed by atoms with Crippen LogP contribution < -0.4 is 5.32 Å². The Morgan fingerprint density at radius 3 is 2.96 bits per heavy atom. The van der Waals surface area contributed by atoms with Crippen molar-refractivity contribution in [3.05, 3.63) is 58.3 Å². The molecule has 1 aliphatic rings. The van der Waals surface area contributed by atoms with E-state index in [-0.39, 0.29) is 11.9 Å². The quantitative estimate of drug-likeness (QED) is 0.750. The van der Waals surface area contributed by atoms with Crippen LogP contribution in [0.1, 0.15) is 21.3 Å². The van der Waals surface area contributed by atoms with Crippen molar-refractivity contribution in [2.45, 2.75) is 6.04 Å². The normalized spacial score (nSPS) is 17.5. The van der Waals surface area contributed by atoms with Gasteiger partial charge in [-0.2, -0.15) is 5.10 Å². The minimum Gasteiger partial charge on any atom is -0.328 e. The molecule has 4 rings (SSSR count). The number of nitrogens with zero attached hydrogens (tertiary/aromatic N) is 4. The standard InChI is InChI=1S/C18H18ClN5OS/c1-23-11-12(8-22-23)17-21-10-16(26-17)18(25)24-7-6-20-9-15(24)13-4-2-3-5-14(13)19/h2-5,8,10-11,15,20H,6-7,9H2,1H3. The van der Waals surface area contributed by atoms with Gasteiger partial charge in [-0.3, -0.25) is 9.48 Å². The molecule has 1 amide bonds. The van der Waals surface area contributed by atoms with Crippen LogP contribution in [0, 0.1) is 0 Å². The van der Waals surface area contributed by atoms with Gasteiger partial charge in [-0.1, -0.05) is 29.8 Å². The maximum absolute atomic E-state index is 13.1. The SMILES string of the molecule is Cn1cc(-c2ncc(C(=O)N3CCNCC3c3ccccc3Cl)s2)cn1. The highest BCUT2D eigenvalue weighted by Crippen LogP contribution is 2.31. The average molecular weight is 388 g/mol. The fourth-order valence-corrected chi connectivity index (χ4v) is 4.26. The third-order valence-electron chi connectivity index (χ3n) is 4.44. The molecule has 1 N–H and O–H groups in total.